The number of ether oxygens (including phenoxy) is 1. The molecule has 7 nitrogen and oxygen atoms in total. The third-order valence-corrected chi connectivity index (χ3v) is 5.83. The molecule has 1 unspecified atom stereocenters. The van der Waals surface area contributed by atoms with Crippen molar-refractivity contribution in [3.8, 4) is 11.1 Å². The van der Waals surface area contributed by atoms with E-state index in [-0.39, 0.29) is 24.9 Å². The fourth-order valence-corrected chi connectivity index (χ4v) is 4.10. The van der Waals surface area contributed by atoms with Gasteiger partial charge in [-0.3, -0.25) is 9.59 Å². The van der Waals surface area contributed by atoms with E-state index in [4.69, 9.17) is 9.84 Å². The SMILES string of the molecule is CCC(CC(=O)O)NC(=O)[C@H](NC(=O)OCC1c2ccccc2-c2ccccc21)C(C)C. The summed E-state index contributed by atoms with van der Waals surface area (Å²) in [5.74, 6) is -1.67. The number of aliphatic carboxylic acids is 1. The van der Waals surface area contributed by atoms with Gasteiger partial charge in [0.2, 0.25) is 5.91 Å². The van der Waals surface area contributed by atoms with E-state index in [1.165, 1.54) is 0 Å². The number of nitrogens with one attached hydrogen (secondary N) is 2. The fourth-order valence-electron chi connectivity index (χ4n) is 4.10. The van der Waals surface area contributed by atoms with Gasteiger partial charge in [0, 0.05) is 12.0 Å². The van der Waals surface area contributed by atoms with Crippen molar-refractivity contribution in [3.63, 3.8) is 0 Å². The minimum Gasteiger partial charge on any atom is -0.481 e. The number of fused-ring (bicyclic) bond motifs is 3. The van der Waals surface area contributed by atoms with Crippen molar-refractivity contribution >= 4 is 18.0 Å². The molecule has 2 aromatic rings. The van der Waals surface area contributed by atoms with Gasteiger partial charge in [-0.05, 0) is 34.6 Å². The normalized spacial score (nSPS) is 14.2. The Balaban J connectivity index is 1.64. The summed E-state index contributed by atoms with van der Waals surface area (Å²) < 4.78 is 5.54. The van der Waals surface area contributed by atoms with Gasteiger partial charge < -0.3 is 20.5 Å². The largest absolute Gasteiger partial charge is 0.481 e. The van der Waals surface area contributed by atoms with Gasteiger partial charge >= 0.3 is 12.1 Å². The van der Waals surface area contributed by atoms with Crippen molar-refractivity contribution in [1.82, 2.24) is 10.6 Å². The standard InChI is InChI=1S/C25H30N2O5/c1-4-16(13-22(28)29)26-24(30)23(15(2)3)27-25(31)32-14-21-19-11-7-5-9-17(19)18-10-6-8-12-20(18)21/h5-12,15-16,21,23H,4,13-14H2,1-3H3,(H,26,30)(H,27,31)(H,28,29)/t16?,23-/m1/s1. The number of hydrogen-bond acceptors (Lipinski definition) is 4. The predicted molar refractivity (Wildman–Crippen MR) is 121 cm³/mol. The summed E-state index contributed by atoms with van der Waals surface area (Å²) in [6.07, 6.45) is -0.363. The topological polar surface area (TPSA) is 105 Å². The number of amides is 2. The van der Waals surface area contributed by atoms with Crippen LogP contribution in [-0.4, -0.2) is 41.8 Å². The van der Waals surface area contributed by atoms with E-state index in [1.54, 1.807) is 6.92 Å². The molecule has 1 aliphatic carbocycles. The monoisotopic (exact) mass is 438 g/mol. The number of carbonyl (C=O) groups is 3. The van der Waals surface area contributed by atoms with Crippen LogP contribution >= 0.6 is 0 Å². The van der Waals surface area contributed by atoms with Crippen molar-refractivity contribution in [3.05, 3.63) is 59.7 Å². The van der Waals surface area contributed by atoms with E-state index in [9.17, 15) is 14.4 Å². The smallest absolute Gasteiger partial charge is 0.407 e. The Labute approximate surface area is 188 Å². The Morgan fingerprint density at radius 3 is 2.03 bits per heavy atom. The summed E-state index contributed by atoms with van der Waals surface area (Å²) in [5.41, 5.74) is 4.50. The van der Waals surface area contributed by atoms with Crippen molar-refractivity contribution in [2.45, 2.75) is 51.6 Å². The van der Waals surface area contributed by atoms with E-state index in [0.29, 0.717) is 6.42 Å². The van der Waals surface area contributed by atoms with E-state index in [0.717, 1.165) is 22.3 Å². The van der Waals surface area contributed by atoms with Crippen LogP contribution < -0.4 is 10.6 Å². The Kier molecular flexibility index (Phi) is 7.51. The van der Waals surface area contributed by atoms with E-state index >= 15 is 0 Å². The molecule has 2 atom stereocenters. The van der Waals surface area contributed by atoms with Crippen LogP contribution in [0.2, 0.25) is 0 Å². The second kappa shape index (κ2) is 10.3. The van der Waals surface area contributed by atoms with Crippen molar-refractivity contribution in [2.24, 2.45) is 5.92 Å². The molecule has 7 heteroatoms. The van der Waals surface area contributed by atoms with Crippen LogP contribution in [-0.2, 0) is 14.3 Å². The maximum absolute atomic E-state index is 12.7. The lowest BCUT2D eigenvalue weighted by molar-refractivity contribution is -0.137. The molecule has 3 rings (SSSR count). The zero-order chi connectivity index (χ0) is 23.3. The quantitative estimate of drug-likeness (QED) is 0.550. The lowest BCUT2D eigenvalue weighted by atomic mass is 9.98. The van der Waals surface area contributed by atoms with Gasteiger partial charge in [0.1, 0.15) is 12.6 Å². The second-order valence-electron chi connectivity index (χ2n) is 8.40. The molecule has 2 amide bonds. The van der Waals surface area contributed by atoms with Crippen LogP contribution in [0.5, 0.6) is 0 Å². The number of benzene rings is 2. The molecule has 170 valence electrons. The Morgan fingerprint density at radius 1 is 0.969 bits per heavy atom. The second-order valence-corrected chi connectivity index (χ2v) is 8.40. The zero-order valence-corrected chi connectivity index (χ0v) is 18.6. The van der Waals surface area contributed by atoms with E-state index in [1.807, 2.05) is 50.2 Å². The Bertz CT molecular complexity index is 942. The molecule has 0 spiro atoms. The Morgan fingerprint density at radius 2 is 1.53 bits per heavy atom. The van der Waals surface area contributed by atoms with Gasteiger partial charge in [0.15, 0.2) is 0 Å². The lowest BCUT2D eigenvalue weighted by Gasteiger charge is -2.24. The molecule has 0 saturated carbocycles. The first kappa shape index (κ1) is 23.3. The summed E-state index contributed by atoms with van der Waals surface area (Å²) in [4.78, 5) is 36.2. The summed E-state index contributed by atoms with van der Waals surface area (Å²) >= 11 is 0. The first-order valence-electron chi connectivity index (χ1n) is 11.0. The van der Waals surface area contributed by atoms with Crippen LogP contribution in [0.1, 0.15) is 50.7 Å². The molecule has 0 bridgehead atoms. The first-order chi connectivity index (χ1) is 15.3. The van der Waals surface area contributed by atoms with Crippen molar-refractivity contribution < 1.29 is 24.2 Å². The summed E-state index contributed by atoms with van der Waals surface area (Å²) in [6.45, 7) is 5.58. The molecule has 0 fully saturated rings. The minimum atomic E-state index is -0.984. The van der Waals surface area contributed by atoms with Gasteiger partial charge in [-0.1, -0.05) is 69.3 Å². The van der Waals surface area contributed by atoms with Crippen molar-refractivity contribution in [2.75, 3.05) is 6.61 Å². The molecule has 0 heterocycles. The average Bonchev–Trinajstić information content (AvgIpc) is 3.08. The fraction of sp³-hybridized carbons (Fsp3) is 0.400. The number of rotatable bonds is 9. The molecule has 32 heavy (non-hydrogen) atoms. The predicted octanol–water partition coefficient (Wildman–Crippen LogP) is 3.92. The molecular formula is C25H30N2O5. The van der Waals surface area contributed by atoms with Gasteiger partial charge in [-0.25, -0.2) is 4.79 Å². The summed E-state index contributed by atoms with van der Waals surface area (Å²) in [6, 6.07) is 14.8. The van der Waals surface area contributed by atoms with Gasteiger partial charge in [0.25, 0.3) is 0 Å². The van der Waals surface area contributed by atoms with Crippen LogP contribution in [0.3, 0.4) is 0 Å². The van der Waals surface area contributed by atoms with E-state index in [2.05, 4.69) is 22.8 Å². The highest BCUT2D eigenvalue weighted by Gasteiger charge is 2.31. The van der Waals surface area contributed by atoms with Gasteiger partial charge in [0.05, 0.1) is 6.42 Å². The van der Waals surface area contributed by atoms with Crippen LogP contribution in [0.25, 0.3) is 11.1 Å². The number of alkyl carbamates (subject to hydrolysis) is 1. The highest BCUT2D eigenvalue weighted by atomic mass is 16.5. The third-order valence-electron chi connectivity index (χ3n) is 5.83. The maximum atomic E-state index is 12.7. The third kappa shape index (κ3) is 5.28. The van der Waals surface area contributed by atoms with Crippen LogP contribution in [0.15, 0.2) is 48.5 Å². The highest BCUT2D eigenvalue weighted by Crippen LogP contribution is 2.44. The minimum absolute atomic E-state index is 0.0699. The van der Waals surface area contributed by atoms with Crippen LogP contribution in [0, 0.1) is 5.92 Å². The van der Waals surface area contributed by atoms with E-state index < -0.39 is 30.1 Å². The van der Waals surface area contributed by atoms with Gasteiger partial charge in [-0.2, -0.15) is 0 Å². The molecule has 0 aliphatic heterocycles. The summed E-state index contributed by atoms with van der Waals surface area (Å²) in [5, 5.41) is 14.4. The number of hydrogen-bond donors (Lipinski definition) is 3. The highest BCUT2D eigenvalue weighted by molar-refractivity contribution is 5.86. The lowest BCUT2D eigenvalue weighted by Crippen LogP contribution is -2.52. The van der Waals surface area contributed by atoms with Crippen LogP contribution in [0.4, 0.5) is 4.79 Å². The molecule has 0 aromatic heterocycles. The molecule has 2 aromatic carbocycles. The van der Waals surface area contributed by atoms with Gasteiger partial charge in [-0.15, -0.1) is 0 Å². The van der Waals surface area contributed by atoms with Crippen molar-refractivity contribution in [1.29, 1.82) is 0 Å². The molecule has 3 N–H and O–H groups in total. The molecule has 0 radical (unpaired) electrons. The number of carboxylic acids is 1. The first-order valence-corrected chi connectivity index (χ1v) is 11.0. The molecular weight excluding hydrogens is 408 g/mol. The zero-order valence-electron chi connectivity index (χ0n) is 18.6. The number of carbonyl (C=O) groups excluding carboxylic acids is 2. The summed E-state index contributed by atoms with van der Waals surface area (Å²) in [7, 11) is 0. The Hall–Kier alpha value is -3.35. The molecule has 0 saturated heterocycles. The molecule has 1 aliphatic rings. The number of carboxylic acid groups (broad SMARTS) is 1. The average molecular weight is 439 g/mol. The maximum Gasteiger partial charge on any atom is 0.407 e.